The van der Waals surface area contributed by atoms with Gasteiger partial charge in [0.2, 0.25) is 0 Å². The molecule has 0 bridgehead atoms. The maximum absolute atomic E-state index is 13.8. The summed E-state index contributed by atoms with van der Waals surface area (Å²) in [5, 5.41) is 2.10. The van der Waals surface area contributed by atoms with Gasteiger partial charge in [0.25, 0.3) is 5.91 Å². The van der Waals surface area contributed by atoms with Gasteiger partial charge in [-0.25, -0.2) is 13.4 Å². The van der Waals surface area contributed by atoms with Crippen LogP contribution in [-0.2, 0) is 27.5 Å². The molecule has 9 nitrogen and oxygen atoms in total. The summed E-state index contributed by atoms with van der Waals surface area (Å²) >= 11 is 1.23. The number of hydrogen-bond donors (Lipinski definition) is 0. The molecular formula is C30H38N2O7S2. The highest BCUT2D eigenvalue weighted by molar-refractivity contribution is 7.92. The molecule has 0 aliphatic carbocycles. The van der Waals surface area contributed by atoms with Gasteiger partial charge in [0.15, 0.2) is 15.6 Å². The Kier molecular flexibility index (Phi) is 12.3. The van der Waals surface area contributed by atoms with Crippen LogP contribution in [0.2, 0.25) is 0 Å². The van der Waals surface area contributed by atoms with E-state index in [4.69, 9.17) is 14.2 Å². The molecule has 0 atom stereocenters. The maximum Gasteiger partial charge on any atom is 0.254 e. The van der Waals surface area contributed by atoms with E-state index in [0.717, 1.165) is 12.0 Å². The van der Waals surface area contributed by atoms with Gasteiger partial charge in [0, 0.05) is 36.8 Å². The van der Waals surface area contributed by atoms with Crippen LogP contribution in [0.25, 0.3) is 0 Å². The third-order valence-corrected chi connectivity index (χ3v) is 9.04. The van der Waals surface area contributed by atoms with Crippen LogP contribution in [0.15, 0.2) is 47.8 Å². The molecule has 222 valence electrons. The highest BCUT2D eigenvalue weighted by atomic mass is 32.2. The normalized spacial score (nSPS) is 11.3. The Labute approximate surface area is 246 Å². The van der Waals surface area contributed by atoms with Crippen molar-refractivity contribution in [1.82, 2.24) is 9.88 Å². The van der Waals surface area contributed by atoms with Crippen molar-refractivity contribution in [2.45, 2.75) is 39.2 Å². The molecule has 0 saturated heterocycles. The first kappa shape index (κ1) is 32.2. The minimum absolute atomic E-state index is 0.0771. The number of nitrogens with zero attached hydrogens (tertiary/aromatic N) is 2. The van der Waals surface area contributed by atoms with E-state index in [0.29, 0.717) is 54.5 Å². The van der Waals surface area contributed by atoms with E-state index < -0.39 is 21.4 Å². The molecule has 0 aliphatic rings. The Morgan fingerprint density at radius 1 is 0.976 bits per heavy atom. The highest BCUT2D eigenvalue weighted by Crippen LogP contribution is 2.30. The average Bonchev–Trinajstić information content (AvgIpc) is 3.44. The lowest BCUT2D eigenvalue weighted by Gasteiger charge is -2.23. The quantitative estimate of drug-likeness (QED) is 0.161. The Morgan fingerprint density at radius 3 is 2.29 bits per heavy atom. The predicted molar refractivity (Wildman–Crippen MR) is 160 cm³/mol. The fraction of sp³-hybridized carbons (Fsp3) is 0.433. The molecule has 0 radical (unpaired) electrons. The second kappa shape index (κ2) is 15.6. The summed E-state index contributed by atoms with van der Waals surface area (Å²) in [4.78, 5) is 32.6. The summed E-state index contributed by atoms with van der Waals surface area (Å²) in [5.41, 5.74) is 2.47. The summed E-state index contributed by atoms with van der Waals surface area (Å²) in [6, 6.07) is 13.4. The zero-order chi connectivity index (χ0) is 29.8. The van der Waals surface area contributed by atoms with Gasteiger partial charge in [-0.1, -0.05) is 30.3 Å². The number of Topliss-reactive ketones (excluding diaryl/α,β-unsaturated/α-hetero) is 1. The number of ketones is 1. The molecule has 0 aliphatic heterocycles. The van der Waals surface area contributed by atoms with Gasteiger partial charge in [-0.05, 0) is 50.3 Å². The zero-order valence-electron chi connectivity index (χ0n) is 24.1. The molecular weight excluding hydrogens is 564 g/mol. The molecule has 0 N–H and O–H groups in total. The van der Waals surface area contributed by atoms with Gasteiger partial charge >= 0.3 is 0 Å². The number of aromatic nitrogens is 1. The molecule has 1 aromatic heterocycles. The van der Waals surface area contributed by atoms with Crippen LogP contribution >= 0.6 is 11.3 Å². The number of unbranched alkanes of at least 4 members (excludes halogenated alkanes) is 1. The predicted octanol–water partition coefficient (Wildman–Crippen LogP) is 4.77. The molecule has 2 aromatic carbocycles. The summed E-state index contributed by atoms with van der Waals surface area (Å²) in [7, 11) is 1.09. The smallest absolute Gasteiger partial charge is 0.254 e. The van der Waals surface area contributed by atoms with Crippen molar-refractivity contribution in [2.75, 3.05) is 46.0 Å². The van der Waals surface area contributed by atoms with Crippen molar-refractivity contribution >= 4 is 32.9 Å². The Bertz CT molecular complexity index is 1380. The van der Waals surface area contributed by atoms with E-state index in [1.54, 1.807) is 43.7 Å². The third-order valence-electron chi connectivity index (χ3n) is 6.59. The van der Waals surface area contributed by atoms with Crippen LogP contribution in [0.4, 0.5) is 0 Å². The lowest BCUT2D eigenvalue weighted by atomic mass is 10.1. The van der Waals surface area contributed by atoms with Crippen molar-refractivity contribution < 1.29 is 32.2 Å². The fourth-order valence-corrected chi connectivity index (χ4v) is 6.50. The molecule has 1 amide bonds. The van der Waals surface area contributed by atoms with E-state index in [1.165, 1.54) is 16.9 Å². The second-order valence-electron chi connectivity index (χ2n) is 9.66. The Hall–Kier alpha value is -3.28. The maximum atomic E-state index is 13.8. The second-order valence-corrected chi connectivity index (χ2v) is 12.8. The summed E-state index contributed by atoms with van der Waals surface area (Å²) in [5.74, 6) is -0.353. The number of ether oxygens (including phenoxy) is 3. The monoisotopic (exact) mass is 602 g/mol. The average molecular weight is 603 g/mol. The largest absolute Gasteiger partial charge is 0.496 e. The number of benzene rings is 2. The topological polar surface area (TPSA) is 112 Å². The van der Waals surface area contributed by atoms with Crippen LogP contribution in [-0.4, -0.2) is 76.0 Å². The summed E-state index contributed by atoms with van der Waals surface area (Å²) in [6.07, 6.45) is 2.54. The first-order valence-electron chi connectivity index (χ1n) is 13.4. The van der Waals surface area contributed by atoms with Crippen molar-refractivity contribution in [3.8, 4) is 11.5 Å². The lowest BCUT2D eigenvalue weighted by molar-refractivity contribution is 0.0740. The molecule has 0 spiro atoms. The van der Waals surface area contributed by atoms with Crippen molar-refractivity contribution in [3.05, 3.63) is 75.2 Å². The number of sulfone groups is 1. The highest BCUT2D eigenvalue weighted by Gasteiger charge is 2.23. The number of methoxy groups -OCH3 is 3. The van der Waals surface area contributed by atoms with Gasteiger partial charge in [-0.3, -0.25) is 9.59 Å². The van der Waals surface area contributed by atoms with Crippen molar-refractivity contribution in [2.24, 2.45) is 0 Å². The third kappa shape index (κ3) is 9.65. The lowest BCUT2D eigenvalue weighted by Crippen LogP contribution is -2.32. The molecule has 0 unspecified atom stereocenters. The van der Waals surface area contributed by atoms with Crippen LogP contribution in [0, 0.1) is 6.92 Å². The van der Waals surface area contributed by atoms with Crippen LogP contribution < -0.4 is 9.47 Å². The minimum atomic E-state index is -3.56. The fourth-order valence-electron chi connectivity index (χ4n) is 4.35. The standard InChI is InChI=1S/C30H38N2O7S2/c1-22-27(38-3)17-24(18-28(22)39-4)30(34)32(14-10-13-23-11-6-5-7-12-23)19-29-31-25(20-40-29)26(33)21-41(35,36)16-9-8-15-37-2/h5-7,11-12,17-18,20H,8-10,13-16,19,21H2,1-4H3. The van der Waals surface area contributed by atoms with Crippen molar-refractivity contribution in [3.63, 3.8) is 0 Å². The van der Waals surface area contributed by atoms with Crippen molar-refractivity contribution in [1.29, 1.82) is 0 Å². The molecule has 41 heavy (non-hydrogen) atoms. The molecule has 3 aromatic rings. The van der Waals surface area contributed by atoms with E-state index in [2.05, 4.69) is 4.98 Å². The minimum Gasteiger partial charge on any atom is -0.496 e. The van der Waals surface area contributed by atoms with E-state index in [9.17, 15) is 18.0 Å². The number of aryl methyl sites for hydroxylation is 1. The number of thiazole rings is 1. The van der Waals surface area contributed by atoms with Crippen LogP contribution in [0.3, 0.4) is 0 Å². The number of rotatable bonds is 17. The van der Waals surface area contributed by atoms with Crippen LogP contribution in [0.5, 0.6) is 11.5 Å². The first-order valence-corrected chi connectivity index (χ1v) is 16.1. The van der Waals surface area contributed by atoms with Gasteiger partial charge in [0.05, 0.1) is 26.5 Å². The Morgan fingerprint density at radius 2 is 1.66 bits per heavy atom. The van der Waals surface area contributed by atoms with Gasteiger partial charge in [0.1, 0.15) is 28.0 Å². The molecule has 0 saturated carbocycles. The van der Waals surface area contributed by atoms with Gasteiger partial charge in [-0.15, -0.1) is 11.3 Å². The molecule has 11 heteroatoms. The Balaban J connectivity index is 1.76. The van der Waals surface area contributed by atoms with E-state index in [-0.39, 0.29) is 23.9 Å². The number of carbonyl (C=O) groups is 2. The SMILES string of the molecule is COCCCCS(=O)(=O)CC(=O)c1csc(CN(CCCc2ccccc2)C(=O)c2cc(OC)c(C)c(OC)c2)n1. The van der Waals surface area contributed by atoms with Gasteiger partial charge in [-0.2, -0.15) is 0 Å². The molecule has 0 fully saturated rings. The molecule has 3 rings (SSSR count). The zero-order valence-corrected chi connectivity index (χ0v) is 25.7. The summed E-state index contributed by atoms with van der Waals surface area (Å²) < 4.78 is 40.7. The first-order chi connectivity index (χ1) is 19.7. The number of amides is 1. The van der Waals surface area contributed by atoms with E-state index >= 15 is 0 Å². The molecule has 1 heterocycles. The number of carbonyl (C=O) groups excluding carboxylic acids is 2. The van der Waals surface area contributed by atoms with Crippen LogP contribution in [0.1, 0.15) is 56.2 Å². The van der Waals surface area contributed by atoms with Gasteiger partial charge < -0.3 is 19.1 Å². The van der Waals surface area contributed by atoms with E-state index in [1.807, 2.05) is 37.3 Å². The number of hydrogen-bond acceptors (Lipinski definition) is 9. The summed E-state index contributed by atoms with van der Waals surface area (Å²) in [6.45, 7) is 2.96.